The van der Waals surface area contributed by atoms with Crippen LogP contribution in [-0.4, -0.2) is 36.0 Å². The summed E-state index contributed by atoms with van der Waals surface area (Å²) in [5, 5.41) is 6.40. The molecule has 2 aliphatic rings. The molecular formula is C15H18ClN3O2. The quantitative estimate of drug-likeness (QED) is 0.837. The number of anilines is 1. The lowest BCUT2D eigenvalue weighted by atomic mass is 9.85. The normalized spacial score (nSPS) is 25.0. The molecule has 0 saturated carbocycles. The minimum Gasteiger partial charge on any atom is -0.353 e. The van der Waals surface area contributed by atoms with E-state index < -0.39 is 0 Å². The van der Waals surface area contributed by atoms with Crippen molar-refractivity contribution in [3.05, 3.63) is 29.3 Å². The summed E-state index contributed by atoms with van der Waals surface area (Å²) in [6.45, 7) is 1.33. The van der Waals surface area contributed by atoms with Gasteiger partial charge in [-0.05, 0) is 30.9 Å². The lowest BCUT2D eigenvalue weighted by Crippen LogP contribution is -2.55. The highest BCUT2D eigenvalue weighted by Crippen LogP contribution is 2.26. The van der Waals surface area contributed by atoms with Gasteiger partial charge in [-0.2, -0.15) is 0 Å². The van der Waals surface area contributed by atoms with Crippen LogP contribution in [0.25, 0.3) is 0 Å². The van der Waals surface area contributed by atoms with Crippen molar-refractivity contribution in [1.82, 2.24) is 10.2 Å². The van der Waals surface area contributed by atoms with E-state index in [1.807, 2.05) is 17.0 Å². The molecule has 6 heteroatoms. The Morgan fingerprint density at radius 2 is 2.14 bits per heavy atom. The van der Waals surface area contributed by atoms with Gasteiger partial charge < -0.3 is 15.5 Å². The van der Waals surface area contributed by atoms with Gasteiger partial charge in [0.1, 0.15) is 0 Å². The number of hydrogen-bond acceptors (Lipinski definition) is 2. The number of para-hydroxylation sites is 1. The number of piperidine rings is 2. The van der Waals surface area contributed by atoms with E-state index in [9.17, 15) is 9.59 Å². The maximum absolute atomic E-state index is 12.3. The SMILES string of the molecule is O=C1CCC2CN(C(=O)Nc3ccccc3Cl)CCC2N1. The molecule has 2 unspecified atom stereocenters. The number of nitrogens with zero attached hydrogens (tertiary/aromatic N) is 1. The molecule has 2 atom stereocenters. The highest BCUT2D eigenvalue weighted by Gasteiger charge is 2.35. The molecule has 1 aromatic rings. The van der Waals surface area contributed by atoms with Crippen molar-refractivity contribution in [2.75, 3.05) is 18.4 Å². The zero-order valence-corrected chi connectivity index (χ0v) is 12.4. The fourth-order valence-electron chi connectivity index (χ4n) is 3.05. The number of urea groups is 1. The highest BCUT2D eigenvalue weighted by molar-refractivity contribution is 6.33. The number of carbonyl (C=O) groups excluding carboxylic acids is 2. The van der Waals surface area contributed by atoms with E-state index >= 15 is 0 Å². The predicted octanol–water partition coefficient (Wildman–Crippen LogP) is 2.47. The lowest BCUT2D eigenvalue weighted by Gasteiger charge is -2.41. The zero-order chi connectivity index (χ0) is 14.8. The number of likely N-dealkylation sites (tertiary alicyclic amines) is 1. The zero-order valence-electron chi connectivity index (χ0n) is 11.6. The van der Waals surface area contributed by atoms with Gasteiger partial charge in [-0.1, -0.05) is 23.7 Å². The van der Waals surface area contributed by atoms with Crippen LogP contribution in [-0.2, 0) is 4.79 Å². The first-order chi connectivity index (χ1) is 10.1. The minimum absolute atomic E-state index is 0.126. The van der Waals surface area contributed by atoms with Gasteiger partial charge in [-0.15, -0.1) is 0 Å². The molecule has 5 nitrogen and oxygen atoms in total. The summed E-state index contributed by atoms with van der Waals surface area (Å²) in [5.41, 5.74) is 0.628. The van der Waals surface area contributed by atoms with Gasteiger partial charge in [0, 0.05) is 25.6 Å². The van der Waals surface area contributed by atoms with Crippen LogP contribution >= 0.6 is 11.6 Å². The van der Waals surface area contributed by atoms with Crippen molar-refractivity contribution in [2.24, 2.45) is 5.92 Å². The number of halogens is 1. The first-order valence-electron chi connectivity index (χ1n) is 7.23. The second-order valence-corrected chi connectivity index (χ2v) is 6.02. The minimum atomic E-state index is -0.126. The molecule has 0 aromatic heterocycles. The van der Waals surface area contributed by atoms with Crippen LogP contribution in [0.3, 0.4) is 0 Å². The molecule has 2 N–H and O–H groups in total. The van der Waals surface area contributed by atoms with Gasteiger partial charge in [-0.3, -0.25) is 4.79 Å². The summed E-state index contributed by atoms with van der Waals surface area (Å²) < 4.78 is 0. The summed E-state index contributed by atoms with van der Waals surface area (Å²) >= 11 is 6.05. The van der Waals surface area contributed by atoms with Crippen LogP contribution in [0, 0.1) is 5.92 Å². The Morgan fingerprint density at radius 1 is 1.33 bits per heavy atom. The molecule has 0 radical (unpaired) electrons. The number of hydrogen-bond donors (Lipinski definition) is 2. The summed E-state index contributed by atoms with van der Waals surface area (Å²) in [7, 11) is 0. The third-order valence-corrected chi connectivity index (χ3v) is 4.55. The molecule has 112 valence electrons. The molecule has 0 spiro atoms. The Labute approximate surface area is 128 Å². The topological polar surface area (TPSA) is 61.4 Å². The Hall–Kier alpha value is -1.75. The van der Waals surface area contributed by atoms with Crippen LogP contribution in [0.4, 0.5) is 10.5 Å². The van der Waals surface area contributed by atoms with Crippen LogP contribution in [0.5, 0.6) is 0 Å². The highest BCUT2D eigenvalue weighted by atomic mass is 35.5. The first-order valence-corrected chi connectivity index (χ1v) is 7.61. The molecule has 1 aromatic carbocycles. The van der Waals surface area contributed by atoms with Gasteiger partial charge in [0.15, 0.2) is 0 Å². The average molecular weight is 308 g/mol. The van der Waals surface area contributed by atoms with Crippen LogP contribution in [0.1, 0.15) is 19.3 Å². The fraction of sp³-hybridized carbons (Fsp3) is 0.467. The van der Waals surface area contributed by atoms with Crippen molar-refractivity contribution in [2.45, 2.75) is 25.3 Å². The van der Waals surface area contributed by atoms with Crippen LogP contribution < -0.4 is 10.6 Å². The number of nitrogens with one attached hydrogen (secondary N) is 2. The molecular weight excluding hydrogens is 290 g/mol. The van der Waals surface area contributed by atoms with Crippen molar-refractivity contribution >= 4 is 29.2 Å². The maximum Gasteiger partial charge on any atom is 0.321 e. The molecule has 2 heterocycles. The largest absolute Gasteiger partial charge is 0.353 e. The van der Waals surface area contributed by atoms with Gasteiger partial charge in [0.2, 0.25) is 5.91 Å². The van der Waals surface area contributed by atoms with E-state index in [1.165, 1.54) is 0 Å². The van der Waals surface area contributed by atoms with Gasteiger partial charge >= 0.3 is 6.03 Å². The Bertz CT molecular complexity index is 564. The van der Waals surface area contributed by atoms with E-state index in [1.54, 1.807) is 12.1 Å². The van der Waals surface area contributed by atoms with Crippen LogP contribution in [0.15, 0.2) is 24.3 Å². The van der Waals surface area contributed by atoms with E-state index in [0.717, 1.165) is 12.8 Å². The first kappa shape index (κ1) is 14.2. The van der Waals surface area contributed by atoms with Gasteiger partial charge in [0.05, 0.1) is 10.7 Å². The summed E-state index contributed by atoms with van der Waals surface area (Å²) in [6, 6.07) is 7.29. The molecule has 2 fully saturated rings. The van der Waals surface area contributed by atoms with Crippen molar-refractivity contribution in [3.8, 4) is 0 Å². The Balaban J connectivity index is 1.62. The van der Waals surface area contributed by atoms with Crippen molar-refractivity contribution < 1.29 is 9.59 Å². The predicted molar refractivity (Wildman–Crippen MR) is 81.3 cm³/mol. The van der Waals surface area contributed by atoms with Gasteiger partial charge in [0.25, 0.3) is 0 Å². The third-order valence-electron chi connectivity index (χ3n) is 4.23. The Kier molecular flexibility index (Phi) is 4.01. The monoisotopic (exact) mass is 307 g/mol. The van der Waals surface area contributed by atoms with Gasteiger partial charge in [-0.25, -0.2) is 4.79 Å². The van der Waals surface area contributed by atoms with Crippen LogP contribution in [0.2, 0.25) is 5.02 Å². The van der Waals surface area contributed by atoms with Crippen molar-refractivity contribution in [1.29, 1.82) is 0 Å². The smallest absolute Gasteiger partial charge is 0.321 e. The average Bonchev–Trinajstić information content (AvgIpc) is 2.49. The molecule has 21 heavy (non-hydrogen) atoms. The molecule has 2 saturated heterocycles. The molecule has 0 aliphatic carbocycles. The third kappa shape index (κ3) is 3.13. The number of amides is 3. The number of rotatable bonds is 1. The maximum atomic E-state index is 12.3. The molecule has 2 aliphatic heterocycles. The van der Waals surface area contributed by atoms with E-state index in [0.29, 0.717) is 36.1 Å². The van der Waals surface area contributed by atoms with E-state index in [2.05, 4.69) is 10.6 Å². The molecule has 3 amide bonds. The Morgan fingerprint density at radius 3 is 2.95 bits per heavy atom. The number of benzene rings is 1. The second-order valence-electron chi connectivity index (χ2n) is 5.62. The number of carbonyl (C=O) groups is 2. The van der Waals surface area contributed by atoms with E-state index in [-0.39, 0.29) is 18.0 Å². The van der Waals surface area contributed by atoms with E-state index in [4.69, 9.17) is 11.6 Å². The lowest BCUT2D eigenvalue weighted by molar-refractivity contribution is -0.125. The number of fused-ring (bicyclic) bond motifs is 1. The second kappa shape index (κ2) is 5.93. The summed E-state index contributed by atoms with van der Waals surface area (Å²) in [4.78, 5) is 25.5. The van der Waals surface area contributed by atoms with Crippen molar-refractivity contribution in [3.63, 3.8) is 0 Å². The molecule has 3 rings (SSSR count). The molecule has 0 bridgehead atoms. The standard InChI is InChI=1S/C15H18ClN3O2/c16-11-3-1-2-4-13(11)18-15(21)19-8-7-12-10(9-19)5-6-14(20)17-12/h1-4,10,12H,5-9H2,(H,17,20)(H,18,21). The summed E-state index contributed by atoms with van der Waals surface area (Å²) in [5.74, 6) is 0.485. The summed E-state index contributed by atoms with van der Waals surface area (Å²) in [6.07, 6.45) is 2.22. The fourth-order valence-corrected chi connectivity index (χ4v) is 3.23.